The van der Waals surface area contributed by atoms with Gasteiger partial charge in [0.25, 0.3) is 0 Å². The Morgan fingerprint density at radius 2 is 0.909 bits per heavy atom. The average Bonchev–Trinajstić information content (AvgIpc) is 3.55. The molecule has 0 heterocycles. The van der Waals surface area contributed by atoms with Crippen molar-refractivity contribution in [1.29, 1.82) is 0 Å². The third-order valence-electron chi connectivity index (χ3n) is 9.53. The molecular formula is C40H46Cl2SiZr. The van der Waals surface area contributed by atoms with Crippen LogP contribution in [0.2, 0.25) is 13.1 Å². The standard InChI is InChI=1S/2C19H19.C2H6Si.2ClH.Zr/c2*1-13(2)17-10-9-14(3)18-11-16(12-19(17)18)15-7-5-4-6-8-15;1-3-2;;;/h2*4-13H,1-3H3;1-2H3;2*1H;. The van der Waals surface area contributed by atoms with Crippen molar-refractivity contribution in [3.8, 4) is 0 Å². The Morgan fingerprint density at radius 1 is 0.545 bits per heavy atom. The number of hydrogen-bond acceptors (Lipinski definition) is 0. The van der Waals surface area contributed by atoms with Crippen molar-refractivity contribution in [2.24, 2.45) is 0 Å². The van der Waals surface area contributed by atoms with E-state index in [0.717, 1.165) is 0 Å². The summed E-state index contributed by atoms with van der Waals surface area (Å²) >= 11 is -2.38. The summed E-state index contributed by atoms with van der Waals surface area (Å²) in [7, 11) is 0. The number of aryl methyl sites for hydroxylation is 2. The summed E-state index contributed by atoms with van der Waals surface area (Å²) in [5.41, 5.74) is 17.9. The predicted octanol–water partition coefficient (Wildman–Crippen LogP) is 12.2. The molecule has 0 amide bonds. The van der Waals surface area contributed by atoms with Crippen LogP contribution in [-0.2, 0) is 20.4 Å². The van der Waals surface area contributed by atoms with Gasteiger partial charge in [0, 0.05) is 0 Å². The minimum atomic E-state index is -2.38. The molecule has 4 aromatic rings. The van der Waals surface area contributed by atoms with Gasteiger partial charge in [-0.3, -0.25) is 0 Å². The molecule has 0 saturated carbocycles. The van der Waals surface area contributed by atoms with E-state index in [1.807, 2.05) is 0 Å². The summed E-state index contributed by atoms with van der Waals surface area (Å²) in [6.07, 6.45) is 5.25. The first-order valence-electron chi connectivity index (χ1n) is 15.7. The van der Waals surface area contributed by atoms with Crippen molar-refractivity contribution >= 4 is 53.5 Å². The van der Waals surface area contributed by atoms with Gasteiger partial charge >= 0.3 is 263 Å². The van der Waals surface area contributed by atoms with Crippen LogP contribution < -0.4 is 0 Å². The molecule has 0 aliphatic heterocycles. The van der Waals surface area contributed by atoms with Crippen LogP contribution in [0.5, 0.6) is 0 Å². The second kappa shape index (κ2) is 14.2. The van der Waals surface area contributed by atoms with Gasteiger partial charge in [-0.1, -0.05) is 0 Å². The maximum Gasteiger partial charge on any atom is -0.147 e. The molecule has 0 N–H and O–H groups in total. The molecule has 0 nitrogen and oxygen atoms in total. The van der Waals surface area contributed by atoms with Gasteiger partial charge in [-0.25, -0.2) is 0 Å². The Morgan fingerprint density at radius 3 is 1.23 bits per heavy atom. The fourth-order valence-electron chi connectivity index (χ4n) is 7.56. The first-order valence-corrected chi connectivity index (χ1v) is 24.7. The van der Waals surface area contributed by atoms with Gasteiger partial charge in [0.1, 0.15) is 0 Å². The molecule has 228 valence electrons. The van der Waals surface area contributed by atoms with Gasteiger partial charge in [0.05, 0.1) is 0 Å². The summed E-state index contributed by atoms with van der Waals surface area (Å²) in [5.74, 6) is 1.02. The van der Waals surface area contributed by atoms with Crippen molar-refractivity contribution in [1.82, 2.24) is 0 Å². The van der Waals surface area contributed by atoms with Crippen LogP contribution in [0, 0.1) is 13.8 Å². The van der Waals surface area contributed by atoms with Gasteiger partial charge in [-0.15, -0.1) is 24.8 Å². The number of benzene rings is 4. The molecule has 0 spiro atoms. The topological polar surface area (TPSA) is 0 Å². The second-order valence-electron chi connectivity index (χ2n) is 13.2. The Bertz CT molecular complexity index is 1640. The number of allylic oxidation sites excluding steroid dienone is 2. The Kier molecular flexibility index (Phi) is 11.3. The van der Waals surface area contributed by atoms with Gasteiger partial charge in [0.2, 0.25) is 0 Å². The monoisotopic (exact) mass is 714 g/mol. The van der Waals surface area contributed by atoms with Gasteiger partial charge in [-0.05, 0) is 0 Å². The molecule has 4 heteroatoms. The molecule has 2 unspecified atom stereocenters. The molecular weight excluding hydrogens is 671 g/mol. The summed E-state index contributed by atoms with van der Waals surface area (Å²) in [4.78, 5) is 0. The van der Waals surface area contributed by atoms with E-state index in [1.54, 1.807) is 22.3 Å². The van der Waals surface area contributed by atoms with E-state index in [2.05, 4.69) is 152 Å². The third kappa shape index (κ3) is 6.10. The third-order valence-corrected chi connectivity index (χ3v) is 28.6. The predicted molar refractivity (Wildman–Crippen MR) is 197 cm³/mol. The van der Waals surface area contributed by atoms with E-state index >= 15 is 0 Å². The Hall–Kier alpha value is -1.96. The van der Waals surface area contributed by atoms with Gasteiger partial charge in [0.15, 0.2) is 0 Å². The number of fused-ring (bicyclic) bond motifs is 2. The molecule has 0 bridgehead atoms. The number of hydrogen-bond donors (Lipinski definition) is 0. The van der Waals surface area contributed by atoms with Gasteiger partial charge < -0.3 is 0 Å². The first kappa shape index (κ1) is 34.9. The quantitative estimate of drug-likeness (QED) is 0.174. The SMILES string of the molecule is Cc1ccc(C(C)C)c2c1[CH]([Zr]([CH]1C(c3ccccc3)=Cc3c(C(C)C)ccc(C)c31)=[Si](C)C)C(c1ccccc1)=C2.Cl.Cl. The molecule has 0 fully saturated rings. The molecule has 0 aromatic heterocycles. The van der Waals surface area contributed by atoms with E-state index in [0.29, 0.717) is 19.1 Å². The fraction of sp³-hybridized carbons (Fsp3) is 0.300. The van der Waals surface area contributed by atoms with Crippen LogP contribution in [0.15, 0.2) is 84.9 Å². The zero-order chi connectivity index (χ0) is 29.7. The van der Waals surface area contributed by atoms with Crippen molar-refractivity contribution < 1.29 is 20.4 Å². The van der Waals surface area contributed by atoms with E-state index < -0.39 is 25.8 Å². The van der Waals surface area contributed by atoms with Crippen molar-refractivity contribution in [2.45, 2.75) is 73.7 Å². The van der Waals surface area contributed by atoms with Crippen LogP contribution in [-0.4, -0.2) is 5.43 Å². The van der Waals surface area contributed by atoms with E-state index in [4.69, 9.17) is 0 Å². The van der Waals surface area contributed by atoms with Crippen LogP contribution >= 0.6 is 24.8 Å². The summed E-state index contributed by atoms with van der Waals surface area (Å²) < 4.78 is 1.11. The Balaban J connectivity index is 0.00000221. The molecule has 4 aromatic carbocycles. The smallest absolute Gasteiger partial charge is 0.147 e. The minimum Gasteiger partial charge on any atom is -0.147 e. The summed E-state index contributed by atoms with van der Waals surface area (Å²) in [6.45, 7) is 19.5. The molecule has 2 aliphatic carbocycles. The van der Waals surface area contributed by atoms with Crippen molar-refractivity contribution in [3.63, 3.8) is 0 Å². The largest absolute Gasteiger partial charge is 0.147 e. The molecule has 2 atom stereocenters. The maximum atomic E-state index is 2.66. The maximum absolute atomic E-state index is 2.66. The normalized spacial score (nSPS) is 16.5. The molecule has 0 saturated heterocycles. The fourth-order valence-corrected chi connectivity index (χ4v) is 27.9. The average molecular weight is 717 g/mol. The van der Waals surface area contributed by atoms with E-state index in [9.17, 15) is 0 Å². The van der Waals surface area contributed by atoms with E-state index in [-0.39, 0.29) is 24.8 Å². The molecule has 0 radical (unpaired) electrons. The van der Waals surface area contributed by atoms with Crippen LogP contribution in [0.1, 0.15) is 102 Å². The van der Waals surface area contributed by atoms with Crippen LogP contribution in [0.25, 0.3) is 23.3 Å². The molecule has 2 aliphatic rings. The zero-order valence-corrected chi connectivity index (χ0v) is 32.5. The van der Waals surface area contributed by atoms with Crippen molar-refractivity contribution in [3.05, 3.63) is 141 Å². The number of rotatable bonds is 6. The van der Waals surface area contributed by atoms with Crippen LogP contribution in [0.4, 0.5) is 0 Å². The molecule has 44 heavy (non-hydrogen) atoms. The zero-order valence-electron chi connectivity index (χ0n) is 27.4. The van der Waals surface area contributed by atoms with Crippen LogP contribution in [0.3, 0.4) is 0 Å². The summed E-state index contributed by atoms with van der Waals surface area (Å²) in [6, 6.07) is 32.4. The summed E-state index contributed by atoms with van der Waals surface area (Å²) in [5, 5.41) is 0. The minimum absolute atomic E-state index is 0. The molecule has 6 rings (SSSR count). The second-order valence-corrected chi connectivity index (χ2v) is 31.0. The first-order chi connectivity index (χ1) is 20.2. The van der Waals surface area contributed by atoms with Crippen molar-refractivity contribution in [2.75, 3.05) is 0 Å². The van der Waals surface area contributed by atoms with E-state index in [1.165, 1.54) is 44.5 Å². The van der Waals surface area contributed by atoms with Gasteiger partial charge in [-0.2, -0.15) is 0 Å². The number of halogens is 2. The Labute approximate surface area is 286 Å².